The zero-order chi connectivity index (χ0) is 31.6. The standard InChI is InChI=1S/C35H50N5O4/c36-35(37)40-32(20-23-42)30(25-34(43)44)31(39-33-15-11-21-38-33)19-18-27(12-7-5-3-1-2-4-6-10-22-41)29-17-16-26-13-8-9-14-28(26)24-29/h8-9,11,13-17,21,24-25,27,31-32,38,41-42H,1-7,10,12,18-20,22-23H2,(H,43,44)(H4,36,37,40)/q-1/b30-25-/t27-,31-,32-/m0/s1. The summed E-state index contributed by atoms with van der Waals surface area (Å²) in [5, 5.41) is 35.9. The van der Waals surface area contributed by atoms with Crippen LogP contribution in [-0.2, 0) is 4.79 Å². The van der Waals surface area contributed by atoms with E-state index in [4.69, 9.17) is 21.9 Å². The molecular formula is C35H50N5O4-. The Morgan fingerprint density at radius 1 is 0.818 bits per heavy atom. The molecule has 0 amide bonds. The van der Waals surface area contributed by atoms with Crippen LogP contribution < -0.4 is 11.5 Å². The topological polar surface area (TPSA) is 172 Å². The third-order valence-electron chi connectivity index (χ3n) is 8.14. The van der Waals surface area contributed by atoms with Gasteiger partial charge in [0.2, 0.25) is 0 Å². The average Bonchev–Trinajstić information content (AvgIpc) is 3.52. The van der Waals surface area contributed by atoms with Crippen molar-refractivity contribution in [3.63, 3.8) is 0 Å². The number of H-pyrrole nitrogens is 1. The Labute approximate surface area is 261 Å². The van der Waals surface area contributed by atoms with E-state index in [0.717, 1.165) is 44.6 Å². The molecule has 3 rings (SSSR count). The van der Waals surface area contributed by atoms with Crippen molar-refractivity contribution in [3.05, 3.63) is 83.3 Å². The van der Waals surface area contributed by atoms with Crippen LogP contribution in [-0.4, -0.2) is 57.5 Å². The Morgan fingerprint density at radius 3 is 2.16 bits per heavy atom. The number of carbonyl (C=O) groups is 1. The van der Waals surface area contributed by atoms with Crippen molar-refractivity contribution < 1.29 is 20.1 Å². The number of aromatic amines is 1. The molecule has 3 aromatic rings. The fourth-order valence-electron chi connectivity index (χ4n) is 5.90. The second-order valence-electron chi connectivity index (χ2n) is 11.5. The molecular weight excluding hydrogens is 554 g/mol. The van der Waals surface area contributed by atoms with Gasteiger partial charge in [-0.3, -0.25) is 0 Å². The van der Waals surface area contributed by atoms with E-state index in [9.17, 15) is 15.0 Å². The molecule has 0 saturated carbocycles. The number of aliphatic hydroxyl groups is 2. The molecule has 0 aliphatic rings. The number of hydrogen-bond acceptors (Lipinski definition) is 4. The van der Waals surface area contributed by atoms with E-state index in [1.165, 1.54) is 42.0 Å². The molecule has 1 aromatic heterocycles. The van der Waals surface area contributed by atoms with E-state index in [1.54, 1.807) is 6.20 Å². The van der Waals surface area contributed by atoms with Crippen molar-refractivity contribution in [2.75, 3.05) is 13.2 Å². The maximum atomic E-state index is 12.0. The Balaban J connectivity index is 1.82. The first-order chi connectivity index (χ1) is 21.4. The third kappa shape index (κ3) is 12.1. The zero-order valence-corrected chi connectivity index (χ0v) is 25.8. The maximum absolute atomic E-state index is 12.0. The summed E-state index contributed by atoms with van der Waals surface area (Å²) >= 11 is 0. The number of aromatic nitrogens is 1. The molecule has 0 aliphatic carbocycles. The van der Waals surface area contributed by atoms with Crippen LogP contribution in [0.1, 0.15) is 88.5 Å². The summed E-state index contributed by atoms with van der Waals surface area (Å²) in [6, 6.07) is 17.5. The molecule has 9 heteroatoms. The highest BCUT2D eigenvalue weighted by Crippen LogP contribution is 2.36. The predicted molar refractivity (Wildman–Crippen MR) is 179 cm³/mol. The lowest BCUT2D eigenvalue weighted by atomic mass is 9.84. The van der Waals surface area contributed by atoms with Crippen LogP contribution in [0.2, 0.25) is 0 Å². The number of aliphatic imine (C=N–C) groups is 1. The summed E-state index contributed by atoms with van der Waals surface area (Å²) < 4.78 is 0. The monoisotopic (exact) mass is 604 g/mol. The quantitative estimate of drug-likeness (QED) is 0.0324. The van der Waals surface area contributed by atoms with E-state index in [0.29, 0.717) is 17.8 Å². The molecule has 240 valence electrons. The molecule has 44 heavy (non-hydrogen) atoms. The minimum absolute atomic E-state index is 0.166. The maximum Gasteiger partial charge on any atom is 0.328 e. The van der Waals surface area contributed by atoms with Crippen LogP contribution in [0, 0.1) is 0 Å². The Hall–Kier alpha value is -3.82. The second-order valence-corrected chi connectivity index (χ2v) is 11.5. The van der Waals surface area contributed by atoms with E-state index >= 15 is 0 Å². The number of aliphatic carboxylic acids is 1. The number of rotatable bonds is 22. The number of carboxylic acid groups (broad SMARTS) is 1. The van der Waals surface area contributed by atoms with Gasteiger partial charge in [0.05, 0.1) is 6.04 Å². The first kappa shape index (κ1) is 34.7. The van der Waals surface area contributed by atoms with E-state index in [2.05, 4.69) is 46.4 Å². The van der Waals surface area contributed by atoms with Crippen molar-refractivity contribution in [2.45, 2.75) is 95.1 Å². The van der Waals surface area contributed by atoms with Crippen molar-refractivity contribution in [1.82, 2.24) is 4.98 Å². The number of nitrogens with one attached hydrogen (secondary N) is 1. The Bertz CT molecular complexity index is 1300. The molecule has 0 fully saturated rings. The molecule has 0 aliphatic heterocycles. The van der Waals surface area contributed by atoms with Crippen molar-refractivity contribution in [2.24, 2.45) is 16.5 Å². The van der Waals surface area contributed by atoms with Crippen molar-refractivity contribution >= 4 is 28.5 Å². The van der Waals surface area contributed by atoms with Crippen LogP contribution >= 0.6 is 0 Å². The van der Waals surface area contributed by atoms with Gasteiger partial charge < -0.3 is 37.1 Å². The summed E-state index contributed by atoms with van der Waals surface area (Å²) in [5.74, 6) is -0.375. The Kier molecular flexibility index (Phi) is 15.3. The summed E-state index contributed by atoms with van der Waals surface area (Å²) in [7, 11) is 0. The van der Waals surface area contributed by atoms with Gasteiger partial charge in [0.25, 0.3) is 0 Å². The van der Waals surface area contributed by atoms with Crippen LogP contribution in [0.4, 0.5) is 5.82 Å². The molecule has 0 bridgehead atoms. The summed E-state index contributed by atoms with van der Waals surface area (Å²) in [5.41, 5.74) is 13.2. The lowest BCUT2D eigenvalue weighted by molar-refractivity contribution is -0.131. The number of fused-ring (bicyclic) bond motifs is 1. The summed E-state index contributed by atoms with van der Waals surface area (Å²) in [4.78, 5) is 19.4. The number of nitrogens with zero attached hydrogens (tertiary/aromatic N) is 2. The minimum atomic E-state index is -1.11. The lowest BCUT2D eigenvalue weighted by Crippen LogP contribution is -2.30. The average molecular weight is 605 g/mol. The SMILES string of the molecule is NC(N)=N[C@@H](CCO)/C(=C\C(=O)O)[C@H](CC[C@H](CCCCCCCCCCO)c1ccc2ccccc2c1)[N-]c1ccc[nH]1. The second kappa shape index (κ2) is 19.5. The van der Waals surface area contributed by atoms with Gasteiger partial charge in [-0.1, -0.05) is 112 Å². The minimum Gasteiger partial charge on any atom is -0.478 e. The summed E-state index contributed by atoms with van der Waals surface area (Å²) in [6.07, 6.45) is 14.5. The fourth-order valence-corrected chi connectivity index (χ4v) is 5.90. The lowest BCUT2D eigenvalue weighted by Gasteiger charge is -2.32. The number of guanidine groups is 1. The molecule has 3 atom stereocenters. The van der Waals surface area contributed by atoms with Gasteiger partial charge in [-0.15, -0.1) is 0 Å². The normalized spacial score (nSPS) is 13.8. The van der Waals surface area contributed by atoms with E-state index in [-0.39, 0.29) is 31.5 Å². The molecule has 1 heterocycles. The first-order valence-electron chi connectivity index (χ1n) is 16.0. The molecule has 0 spiro atoms. The van der Waals surface area contributed by atoms with Gasteiger partial charge in [0.1, 0.15) is 0 Å². The fraction of sp³-hybridized carbons (Fsp3) is 0.486. The number of benzene rings is 2. The van der Waals surface area contributed by atoms with E-state index < -0.39 is 18.1 Å². The molecule has 8 N–H and O–H groups in total. The van der Waals surface area contributed by atoms with Gasteiger partial charge in [-0.05, 0) is 66.0 Å². The highest BCUT2D eigenvalue weighted by atomic mass is 16.4. The number of nitrogens with two attached hydrogens (primary N) is 2. The highest BCUT2D eigenvalue weighted by Gasteiger charge is 2.23. The van der Waals surface area contributed by atoms with Gasteiger partial charge in [-0.2, -0.15) is 0 Å². The predicted octanol–water partition coefficient (Wildman–Crippen LogP) is 6.64. The summed E-state index contributed by atoms with van der Waals surface area (Å²) in [6.45, 7) is 0.0774. The first-order valence-corrected chi connectivity index (χ1v) is 16.0. The number of hydrogen-bond donors (Lipinski definition) is 6. The number of unbranched alkanes of at least 4 members (excludes halogenated alkanes) is 7. The molecule has 0 unspecified atom stereocenters. The van der Waals surface area contributed by atoms with Crippen molar-refractivity contribution in [1.29, 1.82) is 0 Å². The largest absolute Gasteiger partial charge is 0.478 e. The molecule has 0 saturated heterocycles. The van der Waals surface area contributed by atoms with Gasteiger partial charge in [-0.25, -0.2) is 9.79 Å². The van der Waals surface area contributed by atoms with E-state index in [1.807, 2.05) is 18.2 Å². The van der Waals surface area contributed by atoms with Gasteiger partial charge in [0, 0.05) is 19.3 Å². The number of carboxylic acids is 1. The molecule has 2 aromatic carbocycles. The van der Waals surface area contributed by atoms with Crippen LogP contribution in [0.3, 0.4) is 0 Å². The number of aliphatic hydroxyl groups excluding tert-OH is 2. The molecule has 9 nitrogen and oxygen atoms in total. The molecule has 0 radical (unpaired) electrons. The van der Waals surface area contributed by atoms with Crippen LogP contribution in [0.5, 0.6) is 0 Å². The van der Waals surface area contributed by atoms with Crippen LogP contribution in [0.15, 0.2) is 77.4 Å². The smallest absolute Gasteiger partial charge is 0.328 e. The third-order valence-corrected chi connectivity index (χ3v) is 8.14. The van der Waals surface area contributed by atoms with Gasteiger partial charge >= 0.3 is 5.97 Å². The Morgan fingerprint density at radius 2 is 1.52 bits per heavy atom. The van der Waals surface area contributed by atoms with Crippen LogP contribution in [0.25, 0.3) is 16.1 Å². The highest BCUT2D eigenvalue weighted by molar-refractivity contribution is 5.83. The van der Waals surface area contributed by atoms with Gasteiger partial charge in [0.15, 0.2) is 5.96 Å². The zero-order valence-electron chi connectivity index (χ0n) is 25.8. The van der Waals surface area contributed by atoms with Crippen molar-refractivity contribution in [3.8, 4) is 0 Å².